The van der Waals surface area contributed by atoms with E-state index in [0.29, 0.717) is 6.04 Å². The predicted molar refractivity (Wildman–Crippen MR) is 83.1 cm³/mol. The zero-order chi connectivity index (χ0) is 13.5. The van der Waals surface area contributed by atoms with Crippen LogP contribution in [0.3, 0.4) is 0 Å². The molecule has 100 valence electrons. The lowest BCUT2D eigenvalue weighted by Crippen LogP contribution is -2.24. The highest BCUT2D eigenvalue weighted by Crippen LogP contribution is 2.19. The van der Waals surface area contributed by atoms with Crippen molar-refractivity contribution in [3.05, 3.63) is 64.4 Å². The second kappa shape index (κ2) is 7.41. The molecule has 0 fully saturated rings. The maximum Gasteiger partial charge on any atom is 0.0376 e. The van der Waals surface area contributed by atoms with Gasteiger partial charge in [0.05, 0.1) is 0 Å². The third-order valence-corrected chi connectivity index (χ3v) is 3.61. The van der Waals surface area contributed by atoms with Crippen LogP contribution in [-0.4, -0.2) is 11.5 Å². The molecule has 0 aliphatic heterocycles. The number of pyridine rings is 1. The Morgan fingerprint density at radius 1 is 1.21 bits per heavy atom. The number of hydrogen-bond acceptors (Lipinski definition) is 2. The first-order chi connectivity index (χ1) is 9.29. The summed E-state index contributed by atoms with van der Waals surface area (Å²) >= 11 is 3.47. The van der Waals surface area contributed by atoms with Crippen LogP contribution >= 0.6 is 15.9 Å². The van der Waals surface area contributed by atoms with Gasteiger partial charge in [0.1, 0.15) is 0 Å². The Hall–Kier alpha value is -1.19. The molecule has 0 saturated carbocycles. The summed E-state index contributed by atoms with van der Waals surface area (Å²) in [5.74, 6) is 0. The van der Waals surface area contributed by atoms with Crippen molar-refractivity contribution < 1.29 is 0 Å². The van der Waals surface area contributed by atoms with Crippen molar-refractivity contribution in [3.8, 4) is 0 Å². The van der Waals surface area contributed by atoms with Gasteiger partial charge in [-0.15, -0.1) is 0 Å². The van der Waals surface area contributed by atoms with Crippen LogP contribution in [0.2, 0.25) is 0 Å². The first kappa shape index (κ1) is 14.2. The van der Waals surface area contributed by atoms with E-state index < -0.39 is 0 Å². The summed E-state index contributed by atoms with van der Waals surface area (Å²) in [6, 6.07) is 13.0. The van der Waals surface area contributed by atoms with Gasteiger partial charge >= 0.3 is 0 Å². The predicted octanol–water partition coefficient (Wildman–Crippen LogP) is 4.13. The van der Waals surface area contributed by atoms with E-state index in [4.69, 9.17) is 0 Å². The summed E-state index contributed by atoms with van der Waals surface area (Å²) in [7, 11) is 0. The number of nitrogens with zero attached hydrogens (tertiary/aromatic N) is 1. The van der Waals surface area contributed by atoms with Crippen LogP contribution in [0.4, 0.5) is 0 Å². The van der Waals surface area contributed by atoms with Crippen LogP contribution in [0.25, 0.3) is 0 Å². The number of nitrogens with one attached hydrogen (secondary N) is 1. The molecule has 1 heterocycles. The van der Waals surface area contributed by atoms with E-state index >= 15 is 0 Å². The Morgan fingerprint density at radius 2 is 2.00 bits per heavy atom. The van der Waals surface area contributed by atoms with Gasteiger partial charge in [-0.1, -0.05) is 41.1 Å². The Morgan fingerprint density at radius 3 is 2.63 bits per heavy atom. The fraction of sp³-hybridized carbons (Fsp3) is 0.312. The molecule has 1 unspecified atom stereocenters. The van der Waals surface area contributed by atoms with Crippen LogP contribution in [-0.2, 0) is 6.42 Å². The highest BCUT2D eigenvalue weighted by atomic mass is 79.9. The minimum Gasteiger partial charge on any atom is -0.310 e. The first-order valence-corrected chi connectivity index (χ1v) is 7.46. The van der Waals surface area contributed by atoms with Crippen molar-refractivity contribution in [2.75, 3.05) is 6.54 Å². The second-order valence-corrected chi connectivity index (χ2v) is 5.54. The Labute approximate surface area is 123 Å². The van der Waals surface area contributed by atoms with Gasteiger partial charge in [-0.25, -0.2) is 0 Å². The van der Waals surface area contributed by atoms with E-state index in [1.54, 1.807) is 0 Å². The van der Waals surface area contributed by atoms with Gasteiger partial charge in [0.15, 0.2) is 0 Å². The van der Waals surface area contributed by atoms with Gasteiger partial charge in [0.2, 0.25) is 0 Å². The lowest BCUT2D eigenvalue weighted by Gasteiger charge is -2.18. The molecular weight excluding hydrogens is 300 g/mol. The lowest BCUT2D eigenvalue weighted by atomic mass is 10.00. The zero-order valence-electron chi connectivity index (χ0n) is 11.1. The SMILES string of the molecule is CCCNC(Cc1ccc(Br)cc1)c1cccnc1. The highest BCUT2D eigenvalue weighted by molar-refractivity contribution is 9.10. The average molecular weight is 319 g/mol. The molecule has 2 nitrogen and oxygen atoms in total. The topological polar surface area (TPSA) is 24.9 Å². The van der Waals surface area contributed by atoms with E-state index in [0.717, 1.165) is 23.9 Å². The summed E-state index contributed by atoms with van der Waals surface area (Å²) in [4.78, 5) is 4.22. The van der Waals surface area contributed by atoms with Gasteiger partial charge < -0.3 is 5.32 Å². The fourth-order valence-corrected chi connectivity index (χ4v) is 2.33. The van der Waals surface area contributed by atoms with Crippen molar-refractivity contribution in [2.45, 2.75) is 25.8 Å². The molecule has 1 atom stereocenters. The molecule has 3 heteroatoms. The minimum atomic E-state index is 0.329. The number of hydrogen-bond donors (Lipinski definition) is 1. The van der Waals surface area contributed by atoms with Gasteiger partial charge in [0, 0.05) is 22.9 Å². The smallest absolute Gasteiger partial charge is 0.0376 e. The molecular formula is C16H19BrN2. The van der Waals surface area contributed by atoms with Crippen molar-refractivity contribution in [3.63, 3.8) is 0 Å². The molecule has 0 saturated heterocycles. The molecule has 0 radical (unpaired) electrons. The molecule has 19 heavy (non-hydrogen) atoms. The van der Waals surface area contributed by atoms with E-state index in [1.807, 2.05) is 18.5 Å². The van der Waals surface area contributed by atoms with Crippen molar-refractivity contribution in [1.82, 2.24) is 10.3 Å². The maximum absolute atomic E-state index is 4.22. The van der Waals surface area contributed by atoms with Crippen LogP contribution < -0.4 is 5.32 Å². The van der Waals surface area contributed by atoms with E-state index in [9.17, 15) is 0 Å². The second-order valence-electron chi connectivity index (χ2n) is 4.62. The molecule has 0 amide bonds. The van der Waals surface area contributed by atoms with Gasteiger partial charge in [-0.05, 0) is 48.7 Å². The Kier molecular flexibility index (Phi) is 5.55. The summed E-state index contributed by atoms with van der Waals surface area (Å²) in [5, 5.41) is 3.60. The normalized spacial score (nSPS) is 12.3. The average Bonchev–Trinajstić information content (AvgIpc) is 2.46. The quantitative estimate of drug-likeness (QED) is 0.866. The van der Waals surface area contributed by atoms with E-state index in [2.05, 4.69) is 63.5 Å². The molecule has 0 spiro atoms. The van der Waals surface area contributed by atoms with Crippen LogP contribution in [0.5, 0.6) is 0 Å². The maximum atomic E-state index is 4.22. The molecule has 0 bridgehead atoms. The zero-order valence-corrected chi connectivity index (χ0v) is 12.7. The first-order valence-electron chi connectivity index (χ1n) is 6.67. The standard InChI is InChI=1S/C16H19BrN2/c1-2-9-19-16(14-4-3-10-18-12-14)11-13-5-7-15(17)8-6-13/h3-8,10,12,16,19H,2,9,11H2,1H3. The number of halogens is 1. The molecule has 0 aliphatic carbocycles. The van der Waals surface area contributed by atoms with Crippen LogP contribution in [0, 0.1) is 0 Å². The van der Waals surface area contributed by atoms with Gasteiger partial charge in [-0.2, -0.15) is 0 Å². The number of benzene rings is 1. The summed E-state index contributed by atoms with van der Waals surface area (Å²) in [6.45, 7) is 3.21. The van der Waals surface area contributed by atoms with Gasteiger partial charge in [0.25, 0.3) is 0 Å². The van der Waals surface area contributed by atoms with Crippen LogP contribution in [0.1, 0.15) is 30.5 Å². The largest absolute Gasteiger partial charge is 0.310 e. The summed E-state index contributed by atoms with van der Waals surface area (Å²) < 4.78 is 1.12. The van der Waals surface area contributed by atoms with Crippen molar-refractivity contribution >= 4 is 15.9 Å². The molecule has 1 N–H and O–H groups in total. The summed E-state index contributed by atoms with van der Waals surface area (Å²) in [5.41, 5.74) is 2.58. The molecule has 2 aromatic rings. The monoisotopic (exact) mass is 318 g/mol. The van der Waals surface area contributed by atoms with Crippen molar-refractivity contribution in [2.24, 2.45) is 0 Å². The highest BCUT2D eigenvalue weighted by Gasteiger charge is 2.11. The van der Waals surface area contributed by atoms with Gasteiger partial charge in [-0.3, -0.25) is 4.98 Å². The Bertz CT molecular complexity index is 482. The van der Waals surface area contributed by atoms with E-state index in [-0.39, 0.29) is 0 Å². The minimum absolute atomic E-state index is 0.329. The molecule has 0 aliphatic rings. The Balaban J connectivity index is 2.11. The molecule has 1 aromatic carbocycles. The van der Waals surface area contributed by atoms with Crippen molar-refractivity contribution in [1.29, 1.82) is 0 Å². The summed E-state index contributed by atoms with van der Waals surface area (Å²) in [6.07, 6.45) is 5.89. The third-order valence-electron chi connectivity index (χ3n) is 3.08. The fourth-order valence-electron chi connectivity index (χ4n) is 2.06. The van der Waals surface area contributed by atoms with E-state index in [1.165, 1.54) is 11.1 Å². The number of rotatable bonds is 6. The third kappa shape index (κ3) is 4.44. The lowest BCUT2D eigenvalue weighted by molar-refractivity contribution is 0.528. The number of aromatic nitrogens is 1. The molecule has 1 aromatic heterocycles. The van der Waals surface area contributed by atoms with Crippen LogP contribution in [0.15, 0.2) is 53.3 Å². The molecule has 2 rings (SSSR count).